The standard InChI is InChI=1S/C21H27NO/c1-2-14-21(15-4-3-5-16-21)17-6-10-19(11-7-17)23-20-12-8-18(22)9-13-20/h6-13H,2-5,14-16,22H2,1H3. The summed E-state index contributed by atoms with van der Waals surface area (Å²) in [6.45, 7) is 2.30. The monoisotopic (exact) mass is 309 g/mol. The smallest absolute Gasteiger partial charge is 0.127 e. The molecule has 0 spiro atoms. The molecule has 0 amide bonds. The van der Waals surface area contributed by atoms with E-state index in [1.54, 1.807) is 0 Å². The molecule has 0 bridgehead atoms. The van der Waals surface area contributed by atoms with Gasteiger partial charge in [-0.05, 0) is 66.6 Å². The molecule has 2 aromatic carbocycles. The van der Waals surface area contributed by atoms with Crippen molar-refractivity contribution in [2.75, 3.05) is 5.73 Å². The minimum absolute atomic E-state index is 0.396. The van der Waals surface area contributed by atoms with E-state index in [9.17, 15) is 0 Å². The van der Waals surface area contributed by atoms with Crippen molar-refractivity contribution in [3.63, 3.8) is 0 Å². The van der Waals surface area contributed by atoms with Crippen LogP contribution in [0, 0.1) is 0 Å². The molecule has 2 N–H and O–H groups in total. The molecule has 0 heterocycles. The fraction of sp³-hybridized carbons (Fsp3) is 0.429. The first-order valence-corrected chi connectivity index (χ1v) is 8.86. The molecule has 3 rings (SSSR count). The lowest BCUT2D eigenvalue weighted by molar-refractivity contribution is 0.271. The van der Waals surface area contributed by atoms with E-state index in [-0.39, 0.29) is 0 Å². The Morgan fingerprint density at radius 2 is 1.43 bits per heavy atom. The molecule has 0 aliphatic heterocycles. The third kappa shape index (κ3) is 3.69. The molecule has 0 unspecified atom stereocenters. The first-order valence-electron chi connectivity index (χ1n) is 8.86. The number of hydrogen-bond donors (Lipinski definition) is 1. The SMILES string of the molecule is CCCC1(c2ccc(Oc3ccc(N)cc3)cc2)CCCCC1. The van der Waals surface area contributed by atoms with E-state index in [2.05, 4.69) is 31.2 Å². The zero-order valence-corrected chi connectivity index (χ0v) is 14.1. The van der Waals surface area contributed by atoms with Gasteiger partial charge in [0.1, 0.15) is 11.5 Å². The van der Waals surface area contributed by atoms with E-state index >= 15 is 0 Å². The Balaban J connectivity index is 1.76. The highest BCUT2D eigenvalue weighted by Crippen LogP contribution is 2.43. The van der Waals surface area contributed by atoms with E-state index in [0.717, 1.165) is 17.2 Å². The highest BCUT2D eigenvalue weighted by Gasteiger charge is 2.32. The number of rotatable bonds is 5. The number of nitrogen functional groups attached to an aromatic ring is 1. The third-order valence-corrected chi connectivity index (χ3v) is 5.12. The second kappa shape index (κ2) is 7.08. The second-order valence-corrected chi connectivity index (χ2v) is 6.79. The predicted octanol–water partition coefficient (Wildman–Crippen LogP) is 6.06. The molecule has 122 valence electrons. The van der Waals surface area contributed by atoms with Crippen LogP contribution in [-0.2, 0) is 5.41 Å². The van der Waals surface area contributed by atoms with Gasteiger partial charge in [0, 0.05) is 5.69 Å². The maximum absolute atomic E-state index is 5.91. The summed E-state index contributed by atoms with van der Waals surface area (Å²) in [6.07, 6.45) is 9.34. The zero-order valence-electron chi connectivity index (χ0n) is 14.1. The average Bonchev–Trinajstić information content (AvgIpc) is 2.59. The van der Waals surface area contributed by atoms with Gasteiger partial charge in [0.2, 0.25) is 0 Å². The van der Waals surface area contributed by atoms with Crippen LogP contribution in [0.5, 0.6) is 11.5 Å². The number of nitrogens with two attached hydrogens (primary N) is 1. The summed E-state index contributed by atoms with van der Waals surface area (Å²) in [5.74, 6) is 1.72. The van der Waals surface area contributed by atoms with Gasteiger partial charge in [0.05, 0.1) is 0 Å². The number of benzene rings is 2. The van der Waals surface area contributed by atoms with Crippen molar-refractivity contribution < 1.29 is 4.74 Å². The summed E-state index contributed by atoms with van der Waals surface area (Å²) >= 11 is 0. The predicted molar refractivity (Wildman–Crippen MR) is 97.0 cm³/mol. The fourth-order valence-corrected chi connectivity index (χ4v) is 3.94. The normalized spacial score (nSPS) is 16.9. The van der Waals surface area contributed by atoms with E-state index < -0.39 is 0 Å². The van der Waals surface area contributed by atoms with E-state index in [4.69, 9.17) is 10.5 Å². The fourth-order valence-electron chi connectivity index (χ4n) is 3.94. The molecular weight excluding hydrogens is 282 g/mol. The van der Waals surface area contributed by atoms with Crippen molar-refractivity contribution in [3.05, 3.63) is 54.1 Å². The molecular formula is C21H27NO. The van der Waals surface area contributed by atoms with Crippen LogP contribution in [0.15, 0.2) is 48.5 Å². The molecule has 1 fully saturated rings. The van der Waals surface area contributed by atoms with Crippen LogP contribution in [0.1, 0.15) is 57.4 Å². The number of anilines is 1. The Labute approximate surface area is 139 Å². The van der Waals surface area contributed by atoms with Gasteiger partial charge in [0.25, 0.3) is 0 Å². The topological polar surface area (TPSA) is 35.2 Å². The van der Waals surface area contributed by atoms with Gasteiger partial charge in [-0.25, -0.2) is 0 Å². The minimum Gasteiger partial charge on any atom is -0.457 e. The highest BCUT2D eigenvalue weighted by atomic mass is 16.5. The average molecular weight is 309 g/mol. The van der Waals surface area contributed by atoms with Gasteiger partial charge in [-0.1, -0.05) is 44.7 Å². The Morgan fingerprint density at radius 3 is 2.00 bits per heavy atom. The van der Waals surface area contributed by atoms with Crippen LogP contribution in [0.25, 0.3) is 0 Å². The van der Waals surface area contributed by atoms with Crippen LogP contribution in [0.3, 0.4) is 0 Å². The summed E-state index contributed by atoms with van der Waals surface area (Å²) < 4.78 is 5.91. The van der Waals surface area contributed by atoms with Crippen LogP contribution in [0.4, 0.5) is 5.69 Å². The first kappa shape index (κ1) is 15.9. The lowest BCUT2D eigenvalue weighted by atomic mass is 9.67. The van der Waals surface area contributed by atoms with Crippen molar-refractivity contribution in [1.29, 1.82) is 0 Å². The Hall–Kier alpha value is -1.96. The van der Waals surface area contributed by atoms with Crippen LogP contribution >= 0.6 is 0 Å². The summed E-state index contributed by atoms with van der Waals surface area (Å²) in [5.41, 5.74) is 8.35. The molecule has 0 aromatic heterocycles. The van der Waals surface area contributed by atoms with Crippen LogP contribution in [0.2, 0.25) is 0 Å². The van der Waals surface area contributed by atoms with Gasteiger partial charge >= 0.3 is 0 Å². The molecule has 2 nitrogen and oxygen atoms in total. The van der Waals surface area contributed by atoms with E-state index in [0.29, 0.717) is 5.41 Å². The van der Waals surface area contributed by atoms with Gasteiger partial charge in [-0.15, -0.1) is 0 Å². The molecule has 23 heavy (non-hydrogen) atoms. The number of hydrogen-bond acceptors (Lipinski definition) is 2. The van der Waals surface area contributed by atoms with Gasteiger partial charge < -0.3 is 10.5 Å². The summed E-state index contributed by atoms with van der Waals surface area (Å²) in [7, 11) is 0. The summed E-state index contributed by atoms with van der Waals surface area (Å²) in [4.78, 5) is 0. The lowest BCUT2D eigenvalue weighted by Crippen LogP contribution is -2.28. The molecule has 0 radical (unpaired) electrons. The molecule has 2 aromatic rings. The molecule has 1 saturated carbocycles. The van der Waals surface area contributed by atoms with Gasteiger partial charge in [-0.2, -0.15) is 0 Å². The van der Waals surface area contributed by atoms with Crippen molar-refractivity contribution >= 4 is 5.69 Å². The summed E-state index contributed by atoms with van der Waals surface area (Å²) in [5, 5.41) is 0. The molecule has 1 aliphatic rings. The molecule has 1 aliphatic carbocycles. The Kier molecular flexibility index (Phi) is 4.90. The lowest BCUT2D eigenvalue weighted by Gasteiger charge is -2.38. The van der Waals surface area contributed by atoms with Crippen molar-refractivity contribution in [2.45, 2.75) is 57.3 Å². The van der Waals surface area contributed by atoms with E-state index in [1.165, 1.54) is 50.5 Å². The maximum atomic E-state index is 5.91. The zero-order chi connectivity index (χ0) is 16.1. The summed E-state index contributed by atoms with van der Waals surface area (Å²) in [6, 6.07) is 16.3. The van der Waals surface area contributed by atoms with Gasteiger partial charge in [0.15, 0.2) is 0 Å². The van der Waals surface area contributed by atoms with Crippen LogP contribution in [-0.4, -0.2) is 0 Å². The van der Waals surface area contributed by atoms with Crippen molar-refractivity contribution in [2.24, 2.45) is 0 Å². The third-order valence-electron chi connectivity index (χ3n) is 5.12. The Bertz CT molecular complexity index is 604. The largest absolute Gasteiger partial charge is 0.457 e. The quantitative estimate of drug-likeness (QED) is 0.681. The Morgan fingerprint density at radius 1 is 0.870 bits per heavy atom. The van der Waals surface area contributed by atoms with Crippen LogP contribution < -0.4 is 10.5 Å². The number of ether oxygens (including phenoxy) is 1. The van der Waals surface area contributed by atoms with Crippen molar-refractivity contribution in [1.82, 2.24) is 0 Å². The maximum Gasteiger partial charge on any atom is 0.127 e. The van der Waals surface area contributed by atoms with Crippen molar-refractivity contribution in [3.8, 4) is 11.5 Å². The molecule has 0 atom stereocenters. The second-order valence-electron chi connectivity index (χ2n) is 6.79. The molecule has 0 saturated heterocycles. The van der Waals surface area contributed by atoms with E-state index in [1.807, 2.05) is 24.3 Å². The molecule has 2 heteroatoms. The van der Waals surface area contributed by atoms with Gasteiger partial charge in [-0.3, -0.25) is 0 Å². The first-order chi connectivity index (χ1) is 11.2. The highest BCUT2D eigenvalue weighted by molar-refractivity contribution is 5.43. The minimum atomic E-state index is 0.396.